The van der Waals surface area contributed by atoms with Gasteiger partial charge in [-0.3, -0.25) is 10.1 Å². The minimum atomic E-state index is -0.463. The van der Waals surface area contributed by atoms with Crippen LogP contribution in [0.1, 0.15) is 11.3 Å². The van der Waals surface area contributed by atoms with E-state index in [4.69, 9.17) is 0 Å². The van der Waals surface area contributed by atoms with Gasteiger partial charge in [0.15, 0.2) is 0 Å². The van der Waals surface area contributed by atoms with Crippen LogP contribution in [0.3, 0.4) is 0 Å². The minimum absolute atomic E-state index is 0.0652. The fourth-order valence-electron chi connectivity index (χ4n) is 0.673. The SMILES string of the molecule is O=CCC#Cc1ccc([N+](=O)[O-])s1. The third kappa shape index (κ3) is 2.69. The molecule has 13 heavy (non-hydrogen) atoms. The molecule has 0 atom stereocenters. The minimum Gasteiger partial charge on any atom is -0.302 e. The molecule has 5 heteroatoms. The lowest BCUT2D eigenvalue weighted by Gasteiger charge is -1.78. The van der Waals surface area contributed by atoms with Crippen LogP contribution in [-0.4, -0.2) is 11.2 Å². The molecule has 0 fully saturated rings. The van der Waals surface area contributed by atoms with Gasteiger partial charge >= 0.3 is 5.00 Å². The molecule has 1 rings (SSSR count). The standard InChI is InChI=1S/C8H5NO3S/c10-6-2-1-3-7-4-5-8(13-7)9(11)12/h4-6H,2H2. The van der Waals surface area contributed by atoms with Gasteiger partial charge in [-0.15, -0.1) is 0 Å². The van der Waals surface area contributed by atoms with Crippen molar-refractivity contribution in [2.75, 3.05) is 0 Å². The normalized spacial score (nSPS) is 8.62. The number of aldehydes is 1. The fraction of sp³-hybridized carbons (Fsp3) is 0.125. The summed E-state index contributed by atoms with van der Waals surface area (Å²) in [4.78, 5) is 20.3. The van der Waals surface area contributed by atoms with Gasteiger partial charge in [-0.2, -0.15) is 0 Å². The molecule has 0 saturated carbocycles. The molecule has 0 radical (unpaired) electrons. The predicted molar refractivity (Wildman–Crippen MR) is 48.5 cm³/mol. The van der Waals surface area contributed by atoms with E-state index < -0.39 is 4.92 Å². The molecule has 1 aromatic heterocycles. The van der Waals surface area contributed by atoms with Gasteiger partial charge in [0.05, 0.1) is 16.2 Å². The molecule has 0 spiro atoms. The molecule has 0 unspecified atom stereocenters. The molecule has 66 valence electrons. The lowest BCUT2D eigenvalue weighted by atomic mass is 10.4. The van der Waals surface area contributed by atoms with Gasteiger partial charge in [-0.25, -0.2) is 0 Å². The number of hydrogen-bond donors (Lipinski definition) is 0. The molecule has 0 N–H and O–H groups in total. The summed E-state index contributed by atoms with van der Waals surface area (Å²) in [6.07, 6.45) is 0.848. The van der Waals surface area contributed by atoms with E-state index in [0.717, 1.165) is 11.3 Å². The second-order valence-corrected chi connectivity index (χ2v) is 3.13. The average molecular weight is 195 g/mol. The highest BCUT2D eigenvalue weighted by Crippen LogP contribution is 2.22. The van der Waals surface area contributed by atoms with E-state index >= 15 is 0 Å². The Labute approximate surface area is 78.3 Å². The molecule has 0 aromatic carbocycles. The molecule has 4 nitrogen and oxygen atoms in total. The van der Waals surface area contributed by atoms with Crippen molar-refractivity contribution in [3.05, 3.63) is 27.1 Å². The van der Waals surface area contributed by atoms with Crippen LogP contribution in [-0.2, 0) is 4.79 Å². The molecular weight excluding hydrogens is 190 g/mol. The summed E-state index contributed by atoms with van der Waals surface area (Å²) >= 11 is 1.00. The Balaban J connectivity index is 2.76. The van der Waals surface area contributed by atoms with E-state index in [1.54, 1.807) is 6.07 Å². The number of rotatable bonds is 2. The van der Waals surface area contributed by atoms with Crippen molar-refractivity contribution in [3.8, 4) is 11.8 Å². The Bertz CT molecular complexity index is 386. The number of nitrogens with zero attached hydrogens (tertiary/aromatic N) is 1. The van der Waals surface area contributed by atoms with Crippen molar-refractivity contribution < 1.29 is 9.72 Å². The summed E-state index contributed by atoms with van der Waals surface area (Å²) < 4.78 is 0. The highest BCUT2D eigenvalue weighted by molar-refractivity contribution is 7.15. The Hall–Kier alpha value is -1.67. The first kappa shape index (κ1) is 9.42. The lowest BCUT2D eigenvalue weighted by Crippen LogP contribution is -1.80. The van der Waals surface area contributed by atoms with Crippen LogP contribution in [0, 0.1) is 22.0 Å². The summed E-state index contributed by atoms with van der Waals surface area (Å²) in [7, 11) is 0. The molecule has 1 heterocycles. The number of nitro groups is 1. The Morgan fingerprint density at radius 1 is 1.62 bits per heavy atom. The third-order valence-electron chi connectivity index (χ3n) is 1.17. The zero-order chi connectivity index (χ0) is 9.68. The van der Waals surface area contributed by atoms with Gasteiger partial charge in [0.2, 0.25) is 0 Å². The molecule has 0 amide bonds. The van der Waals surface area contributed by atoms with Crippen LogP contribution in [0.5, 0.6) is 0 Å². The lowest BCUT2D eigenvalue weighted by molar-refractivity contribution is -0.380. The Morgan fingerprint density at radius 3 is 2.92 bits per heavy atom. The highest BCUT2D eigenvalue weighted by Gasteiger charge is 2.07. The van der Waals surface area contributed by atoms with Crippen LogP contribution < -0.4 is 0 Å². The molecule has 0 bridgehead atoms. The number of hydrogen-bond acceptors (Lipinski definition) is 4. The summed E-state index contributed by atoms with van der Waals surface area (Å²) in [6.45, 7) is 0. The van der Waals surface area contributed by atoms with Crippen molar-refractivity contribution in [1.82, 2.24) is 0 Å². The first-order chi connectivity index (χ1) is 6.24. The molecule has 0 aliphatic carbocycles. The van der Waals surface area contributed by atoms with E-state index in [9.17, 15) is 14.9 Å². The van der Waals surface area contributed by atoms with Crippen molar-refractivity contribution in [1.29, 1.82) is 0 Å². The van der Waals surface area contributed by atoms with Crippen molar-refractivity contribution in [2.24, 2.45) is 0 Å². The van der Waals surface area contributed by atoms with Crippen LogP contribution in [0.25, 0.3) is 0 Å². The van der Waals surface area contributed by atoms with E-state index in [-0.39, 0.29) is 11.4 Å². The van der Waals surface area contributed by atoms with Gasteiger partial charge in [-0.05, 0) is 6.07 Å². The maximum atomic E-state index is 10.3. The molecule has 0 saturated heterocycles. The largest absolute Gasteiger partial charge is 0.325 e. The van der Waals surface area contributed by atoms with Crippen LogP contribution in [0.2, 0.25) is 0 Å². The van der Waals surface area contributed by atoms with Crippen LogP contribution in [0.15, 0.2) is 12.1 Å². The average Bonchev–Trinajstić information content (AvgIpc) is 2.53. The van der Waals surface area contributed by atoms with E-state index in [1.807, 2.05) is 0 Å². The van der Waals surface area contributed by atoms with Gasteiger partial charge in [-0.1, -0.05) is 23.2 Å². The fourth-order valence-corrected chi connectivity index (χ4v) is 1.37. The zero-order valence-corrected chi connectivity index (χ0v) is 7.34. The van der Waals surface area contributed by atoms with Gasteiger partial charge in [0.1, 0.15) is 6.29 Å². The Morgan fingerprint density at radius 2 is 2.38 bits per heavy atom. The topological polar surface area (TPSA) is 60.2 Å². The number of carbonyl (C=O) groups excluding carboxylic acids is 1. The summed E-state index contributed by atoms with van der Waals surface area (Å²) in [5, 5.41) is 10.3. The summed E-state index contributed by atoms with van der Waals surface area (Å²) in [6, 6.07) is 2.97. The van der Waals surface area contributed by atoms with Crippen molar-refractivity contribution in [3.63, 3.8) is 0 Å². The van der Waals surface area contributed by atoms with Crippen molar-refractivity contribution in [2.45, 2.75) is 6.42 Å². The maximum absolute atomic E-state index is 10.3. The van der Waals surface area contributed by atoms with Crippen LogP contribution >= 0.6 is 11.3 Å². The maximum Gasteiger partial charge on any atom is 0.325 e. The Kier molecular flexibility index (Phi) is 3.17. The first-order valence-corrected chi connectivity index (χ1v) is 4.22. The van der Waals surface area contributed by atoms with E-state index in [0.29, 0.717) is 11.2 Å². The van der Waals surface area contributed by atoms with Gasteiger partial charge in [0.25, 0.3) is 0 Å². The zero-order valence-electron chi connectivity index (χ0n) is 6.52. The molecule has 1 aromatic rings. The first-order valence-electron chi connectivity index (χ1n) is 3.41. The van der Waals surface area contributed by atoms with E-state index in [1.165, 1.54) is 6.07 Å². The monoisotopic (exact) mass is 195 g/mol. The molecule has 0 aliphatic heterocycles. The van der Waals surface area contributed by atoms with E-state index in [2.05, 4.69) is 11.8 Å². The number of carbonyl (C=O) groups is 1. The smallest absolute Gasteiger partial charge is 0.302 e. The van der Waals surface area contributed by atoms with Gasteiger partial charge in [0, 0.05) is 6.07 Å². The second kappa shape index (κ2) is 4.38. The van der Waals surface area contributed by atoms with Gasteiger partial charge < -0.3 is 4.79 Å². The second-order valence-electron chi connectivity index (χ2n) is 2.07. The summed E-state index contributed by atoms with van der Waals surface area (Å²) in [5.74, 6) is 5.23. The quantitative estimate of drug-likeness (QED) is 0.311. The summed E-state index contributed by atoms with van der Waals surface area (Å²) in [5.41, 5.74) is 0. The molecule has 0 aliphatic rings. The third-order valence-corrected chi connectivity index (χ3v) is 2.12. The molecular formula is C8H5NO3S. The number of thiophene rings is 1. The van der Waals surface area contributed by atoms with Crippen LogP contribution in [0.4, 0.5) is 5.00 Å². The van der Waals surface area contributed by atoms with Crippen molar-refractivity contribution >= 4 is 22.6 Å². The highest BCUT2D eigenvalue weighted by atomic mass is 32.1. The predicted octanol–water partition coefficient (Wildman–Crippen LogP) is 1.60.